The fraction of sp³-hybridized carbons (Fsp3) is 0.400. The zero-order valence-corrected chi connectivity index (χ0v) is 10.3. The van der Waals surface area contributed by atoms with Gasteiger partial charge in [-0.3, -0.25) is 0 Å². The number of benzene rings is 1. The van der Waals surface area contributed by atoms with Crippen molar-refractivity contribution in [1.82, 2.24) is 0 Å². The Morgan fingerprint density at radius 3 is 2.93 bits per heavy atom. The first-order chi connectivity index (χ1) is 6.65. The predicted molar refractivity (Wildman–Crippen MR) is 63.9 cm³/mol. The topological polar surface area (TPSA) is 32.3 Å². The summed E-state index contributed by atoms with van der Waals surface area (Å²) >= 11 is 9.29. The fourth-order valence-corrected chi connectivity index (χ4v) is 1.59. The molecule has 2 nitrogen and oxygen atoms in total. The third-order valence-electron chi connectivity index (χ3n) is 1.95. The van der Waals surface area contributed by atoms with Crippen molar-refractivity contribution in [3.63, 3.8) is 0 Å². The number of hydrogen-bond donors (Lipinski definition) is 2. The Labute approximate surface area is 97.4 Å². The second kappa shape index (κ2) is 5.59. The minimum Gasteiger partial charge on any atom is -0.391 e. The molecular weight excluding hydrogens is 265 g/mol. The third kappa shape index (κ3) is 3.15. The van der Waals surface area contributed by atoms with Crippen molar-refractivity contribution in [3.8, 4) is 0 Å². The average Bonchev–Trinajstić information content (AvgIpc) is 2.20. The van der Waals surface area contributed by atoms with Gasteiger partial charge >= 0.3 is 0 Å². The largest absolute Gasteiger partial charge is 0.391 e. The van der Waals surface area contributed by atoms with Gasteiger partial charge in [-0.2, -0.15) is 0 Å². The Hall–Kier alpha value is -0.250. The number of anilines is 1. The highest BCUT2D eigenvalue weighted by molar-refractivity contribution is 9.10. The Morgan fingerprint density at radius 2 is 2.29 bits per heavy atom. The monoisotopic (exact) mass is 277 g/mol. The first-order valence-corrected chi connectivity index (χ1v) is 5.68. The van der Waals surface area contributed by atoms with Crippen molar-refractivity contribution in [2.75, 3.05) is 11.9 Å². The molecule has 0 fully saturated rings. The van der Waals surface area contributed by atoms with Crippen LogP contribution in [-0.2, 0) is 0 Å². The van der Waals surface area contributed by atoms with E-state index in [9.17, 15) is 5.11 Å². The minimum absolute atomic E-state index is 0.319. The molecule has 0 spiro atoms. The van der Waals surface area contributed by atoms with Crippen molar-refractivity contribution >= 4 is 33.2 Å². The molecule has 4 heteroatoms. The average molecular weight is 279 g/mol. The summed E-state index contributed by atoms with van der Waals surface area (Å²) < 4.78 is 0.838. The summed E-state index contributed by atoms with van der Waals surface area (Å²) in [6, 6.07) is 5.60. The molecule has 1 aromatic carbocycles. The Kier molecular flexibility index (Phi) is 4.72. The molecule has 14 heavy (non-hydrogen) atoms. The molecule has 0 aliphatic heterocycles. The first kappa shape index (κ1) is 11.8. The van der Waals surface area contributed by atoms with Gasteiger partial charge in [0, 0.05) is 6.54 Å². The van der Waals surface area contributed by atoms with Crippen LogP contribution in [0.5, 0.6) is 0 Å². The lowest BCUT2D eigenvalue weighted by Gasteiger charge is -2.12. The lowest BCUT2D eigenvalue weighted by molar-refractivity contribution is 0.183. The number of aliphatic hydroxyl groups excluding tert-OH is 1. The molecule has 0 saturated heterocycles. The Balaban J connectivity index is 2.63. The van der Waals surface area contributed by atoms with E-state index in [2.05, 4.69) is 21.2 Å². The SMILES string of the molecule is CCC(O)CNc1cccc(Cl)c1Br. The van der Waals surface area contributed by atoms with Crippen LogP contribution in [-0.4, -0.2) is 17.8 Å². The molecule has 1 aromatic rings. The molecule has 78 valence electrons. The summed E-state index contributed by atoms with van der Waals surface area (Å²) in [6.07, 6.45) is 0.423. The molecule has 1 rings (SSSR count). The van der Waals surface area contributed by atoms with Gasteiger partial charge in [-0.25, -0.2) is 0 Å². The molecule has 0 aromatic heterocycles. The van der Waals surface area contributed by atoms with Crippen LogP contribution < -0.4 is 5.32 Å². The molecule has 0 bridgehead atoms. The quantitative estimate of drug-likeness (QED) is 0.886. The summed E-state index contributed by atoms with van der Waals surface area (Å²) in [5, 5.41) is 13.2. The molecule has 0 aliphatic rings. The van der Waals surface area contributed by atoms with Gasteiger partial charge < -0.3 is 10.4 Å². The van der Waals surface area contributed by atoms with E-state index in [1.165, 1.54) is 0 Å². The molecule has 0 saturated carbocycles. The van der Waals surface area contributed by atoms with Crippen molar-refractivity contribution in [3.05, 3.63) is 27.7 Å². The first-order valence-electron chi connectivity index (χ1n) is 4.51. The van der Waals surface area contributed by atoms with Crippen molar-refractivity contribution in [2.24, 2.45) is 0 Å². The number of rotatable bonds is 4. The van der Waals surface area contributed by atoms with Gasteiger partial charge in [0.05, 0.1) is 21.3 Å². The van der Waals surface area contributed by atoms with Crippen LogP contribution >= 0.6 is 27.5 Å². The molecule has 2 N–H and O–H groups in total. The molecule has 0 radical (unpaired) electrons. The van der Waals surface area contributed by atoms with E-state index in [1.54, 1.807) is 0 Å². The van der Waals surface area contributed by atoms with E-state index >= 15 is 0 Å². The van der Waals surface area contributed by atoms with Crippen LogP contribution in [0, 0.1) is 0 Å². The normalized spacial score (nSPS) is 12.6. The summed E-state index contributed by atoms with van der Waals surface area (Å²) in [6.45, 7) is 2.48. The minimum atomic E-state index is -0.319. The van der Waals surface area contributed by atoms with Crippen LogP contribution in [0.1, 0.15) is 13.3 Å². The highest BCUT2D eigenvalue weighted by Gasteiger charge is 2.05. The van der Waals surface area contributed by atoms with E-state index in [-0.39, 0.29) is 6.10 Å². The van der Waals surface area contributed by atoms with E-state index in [0.717, 1.165) is 16.6 Å². The lowest BCUT2D eigenvalue weighted by atomic mass is 10.2. The van der Waals surface area contributed by atoms with Crippen LogP contribution in [0.3, 0.4) is 0 Å². The lowest BCUT2D eigenvalue weighted by Crippen LogP contribution is -2.18. The van der Waals surface area contributed by atoms with Gasteiger partial charge in [0.25, 0.3) is 0 Å². The molecule has 1 atom stereocenters. The molecule has 1 unspecified atom stereocenters. The fourth-order valence-electron chi connectivity index (χ4n) is 1.01. The van der Waals surface area contributed by atoms with Crippen LogP contribution in [0.15, 0.2) is 22.7 Å². The highest BCUT2D eigenvalue weighted by Crippen LogP contribution is 2.29. The predicted octanol–water partition coefficient (Wildman–Crippen LogP) is 3.29. The van der Waals surface area contributed by atoms with Gasteiger partial charge in [0.15, 0.2) is 0 Å². The zero-order valence-electron chi connectivity index (χ0n) is 7.93. The van der Waals surface area contributed by atoms with E-state index in [1.807, 2.05) is 25.1 Å². The summed E-state index contributed by atoms with van der Waals surface area (Å²) in [5.74, 6) is 0. The van der Waals surface area contributed by atoms with Crippen LogP contribution in [0.4, 0.5) is 5.69 Å². The van der Waals surface area contributed by atoms with E-state index in [0.29, 0.717) is 11.6 Å². The maximum atomic E-state index is 9.37. The number of nitrogens with one attached hydrogen (secondary N) is 1. The number of halogens is 2. The van der Waals surface area contributed by atoms with Gasteiger partial charge in [0.1, 0.15) is 0 Å². The second-order valence-corrected chi connectivity index (χ2v) is 4.24. The summed E-state index contributed by atoms with van der Waals surface area (Å²) in [4.78, 5) is 0. The standard InChI is InChI=1S/C10H13BrClNO/c1-2-7(14)6-13-9-5-3-4-8(12)10(9)11/h3-5,7,13-14H,2,6H2,1H3. The molecular formula is C10H13BrClNO. The Bertz CT molecular complexity index is 306. The van der Waals surface area contributed by atoms with Crippen molar-refractivity contribution in [1.29, 1.82) is 0 Å². The highest BCUT2D eigenvalue weighted by atomic mass is 79.9. The maximum absolute atomic E-state index is 9.37. The van der Waals surface area contributed by atoms with Gasteiger partial charge in [-0.1, -0.05) is 24.6 Å². The van der Waals surface area contributed by atoms with E-state index < -0.39 is 0 Å². The summed E-state index contributed by atoms with van der Waals surface area (Å²) in [7, 11) is 0. The smallest absolute Gasteiger partial charge is 0.0709 e. The summed E-state index contributed by atoms with van der Waals surface area (Å²) in [5.41, 5.74) is 0.907. The van der Waals surface area contributed by atoms with Crippen LogP contribution in [0.25, 0.3) is 0 Å². The Morgan fingerprint density at radius 1 is 1.57 bits per heavy atom. The van der Waals surface area contributed by atoms with E-state index in [4.69, 9.17) is 11.6 Å². The molecule has 0 amide bonds. The molecule has 0 aliphatic carbocycles. The second-order valence-electron chi connectivity index (χ2n) is 3.04. The van der Waals surface area contributed by atoms with Gasteiger partial charge in [0.2, 0.25) is 0 Å². The number of aliphatic hydroxyl groups is 1. The van der Waals surface area contributed by atoms with Crippen molar-refractivity contribution < 1.29 is 5.11 Å². The van der Waals surface area contributed by atoms with Crippen LogP contribution in [0.2, 0.25) is 5.02 Å². The van der Waals surface area contributed by atoms with Gasteiger partial charge in [-0.15, -0.1) is 0 Å². The van der Waals surface area contributed by atoms with Crippen molar-refractivity contribution in [2.45, 2.75) is 19.4 Å². The molecule has 0 heterocycles. The zero-order chi connectivity index (χ0) is 10.6. The third-order valence-corrected chi connectivity index (χ3v) is 3.35. The number of hydrogen-bond acceptors (Lipinski definition) is 2. The van der Waals surface area contributed by atoms with Gasteiger partial charge in [-0.05, 0) is 34.5 Å². The maximum Gasteiger partial charge on any atom is 0.0709 e.